The molecule has 1 rings (SSSR count). The summed E-state index contributed by atoms with van der Waals surface area (Å²) in [6.45, 7) is 12.9. The number of benzene rings is 1. The molecule has 0 fully saturated rings. The fourth-order valence-corrected chi connectivity index (χ4v) is 1.63. The minimum absolute atomic E-state index is 0.00970. The summed E-state index contributed by atoms with van der Waals surface area (Å²) in [6, 6.07) is 3.94. The van der Waals surface area contributed by atoms with Crippen LogP contribution in [-0.2, 0) is 12.0 Å². The minimum atomic E-state index is -0.0902. The van der Waals surface area contributed by atoms with Crippen molar-refractivity contribution in [2.75, 3.05) is 0 Å². The highest BCUT2D eigenvalue weighted by atomic mass is 16.3. The van der Waals surface area contributed by atoms with Gasteiger partial charge in [-0.1, -0.05) is 38.7 Å². The second-order valence-electron chi connectivity index (χ2n) is 6.99. The van der Waals surface area contributed by atoms with Crippen LogP contribution in [0, 0.1) is 17.3 Å². The van der Waals surface area contributed by atoms with Crippen LogP contribution in [0.25, 0.3) is 0 Å². The molecule has 0 aliphatic rings. The van der Waals surface area contributed by atoms with E-state index in [9.17, 15) is 5.11 Å². The molecule has 0 bridgehead atoms. The molecule has 19 heavy (non-hydrogen) atoms. The number of hydrogen-bond donors (Lipinski definition) is 2. The van der Waals surface area contributed by atoms with E-state index < -0.39 is 0 Å². The zero-order valence-corrected chi connectivity index (χ0v) is 12.9. The van der Waals surface area contributed by atoms with E-state index in [0.717, 1.165) is 11.1 Å². The quantitative estimate of drug-likeness (QED) is 0.758. The fraction of sp³-hybridized carbons (Fsp3) is 0.529. The van der Waals surface area contributed by atoms with Gasteiger partial charge in [-0.3, -0.25) is 0 Å². The van der Waals surface area contributed by atoms with Crippen molar-refractivity contribution in [3.8, 4) is 17.6 Å². The Morgan fingerprint density at radius 2 is 1.68 bits per heavy atom. The molecule has 0 spiro atoms. The summed E-state index contributed by atoms with van der Waals surface area (Å²) in [7, 11) is 0. The largest absolute Gasteiger partial charge is 0.506 e. The molecule has 0 aliphatic carbocycles. The first-order chi connectivity index (χ1) is 8.54. The zero-order valence-electron chi connectivity index (χ0n) is 12.9. The van der Waals surface area contributed by atoms with Crippen LogP contribution in [0.3, 0.4) is 0 Å². The Balaban J connectivity index is 3.41. The first kappa shape index (κ1) is 15.6. The van der Waals surface area contributed by atoms with Gasteiger partial charge in [-0.2, -0.15) is 0 Å². The lowest BCUT2D eigenvalue weighted by atomic mass is 9.84. The molecule has 1 aromatic carbocycles. The number of nitrogens with two attached hydrogens (primary N) is 1. The Hall–Kier alpha value is -1.46. The lowest BCUT2D eigenvalue weighted by Crippen LogP contribution is -2.13. The molecule has 2 nitrogen and oxygen atoms in total. The molecule has 0 radical (unpaired) electrons. The van der Waals surface area contributed by atoms with E-state index in [0.29, 0.717) is 12.1 Å². The topological polar surface area (TPSA) is 46.2 Å². The van der Waals surface area contributed by atoms with Crippen molar-refractivity contribution in [1.82, 2.24) is 0 Å². The highest BCUT2D eigenvalue weighted by molar-refractivity contribution is 5.53. The van der Waals surface area contributed by atoms with Crippen LogP contribution in [0.5, 0.6) is 5.75 Å². The van der Waals surface area contributed by atoms with Crippen molar-refractivity contribution in [3.63, 3.8) is 0 Å². The Morgan fingerprint density at radius 1 is 1.11 bits per heavy atom. The molecular formula is C17H25NO. The maximum Gasteiger partial charge on any atom is 0.135 e. The van der Waals surface area contributed by atoms with Crippen molar-refractivity contribution >= 4 is 0 Å². The third-order valence-electron chi connectivity index (χ3n) is 2.85. The van der Waals surface area contributed by atoms with Gasteiger partial charge in [-0.25, -0.2) is 0 Å². The van der Waals surface area contributed by atoms with Crippen molar-refractivity contribution < 1.29 is 5.11 Å². The molecule has 0 saturated carbocycles. The molecular weight excluding hydrogens is 234 g/mol. The summed E-state index contributed by atoms with van der Waals surface area (Å²) >= 11 is 0. The van der Waals surface area contributed by atoms with Crippen LogP contribution >= 0.6 is 0 Å². The summed E-state index contributed by atoms with van der Waals surface area (Å²) in [5, 5.41) is 10.2. The van der Waals surface area contributed by atoms with Gasteiger partial charge < -0.3 is 10.8 Å². The van der Waals surface area contributed by atoms with Crippen LogP contribution in [0.2, 0.25) is 0 Å². The average molecular weight is 259 g/mol. The second-order valence-corrected chi connectivity index (χ2v) is 6.99. The molecule has 0 aliphatic heterocycles. The highest BCUT2D eigenvalue weighted by Gasteiger charge is 2.17. The van der Waals surface area contributed by atoms with Crippen LogP contribution in [-0.4, -0.2) is 5.11 Å². The van der Waals surface area contributed by atoms with Gasteiger partial charge in [0.2, 0.25) is 0 Å². The van der Waals surface area contributed by atoms with Crippen LogP contribution in [0.4, 0.5) is 0 Å². The van der Waals surface area contributed by atoms with Gasteiger partial charge >= 0.3 is 0 Å². The summed E-state index contributed by atoms with van der Waals surface area (Å²) < 4.78 is 0. The number of phenols is 1. The normalized spacial score (nSPS) is 11.9. The van der Waals surface area contributed by atoms with Crippen LogP contribution < -0.4 is 5.73 Å². The molecule has 3 N–H and O–H groups in total. The first-order valence-corrected chi connectivity index (χ1v) is 6.64. The molecule has 0 unspecified atom stereocenters. The van der Waals surface area contributed by atoms with E-state index in [4.69, 9.17) is 5.73 Å². The summed E-state index contributed by atoms with van der Waals surface area (Å²) in [4.78, 5) is 0. The SMILES string of the molecule is CC(C)(C)C#Cc1cc(C(C)(C)C)cc(CN)c1O. The van der Waals surface area contributed by atoms with Crippen molar-refractivity contribution in [1.29, 1.82) is 0 Å². The van der Waals surface area contributed by atoms with E-state index in [1.807, 2.05) is 12.1 Å². The zero-order chi connectivity index (χ0) is 14.8. The number of aromatic hydroxyl groups is 1. The summed E-state index contributed by atoms with van der Waals surface area (Å²) in [5.41, 5.74) is 8.19. The van der Waals surface area contributed by atoms with E-state index in [1.165, 1.54) is 0 Å². The van der Waals surface area contributed by atoms with E-state index in [-0.39, 0.29) is 16.6 Å². The Labute approximate surface area is 117 Å². The lowest BCUT2D eigenvalue weighted by Gasteiger charge is -2.21. The van der Waals surface area contributed by atoms with Crippen LogP contribution in [0.1, 0.15) is 58.2 Å². The first-order valence-electron chi connectivity index (χ1n) is 6.64. The van der Waals surface area contributed by atoms with Gasteiger partial charge in [0.25, 0.3) is 0 Å². The van der Waals surface area contributed by atoms with E-state index in [1.54, 1.807) is 0 Å². The predicted octanol–water partition coefficient (Wildman–Crippen LogP) is 3.55. The van der Waals surface area contributed by atoms with E-state index in [2.05, 4.69) is 53.4 Å². The summed E-state index contributed by atoms with van der Waals surface area (Å²) in [6.07, 6.45) is 0. The maximum absolute atomic E-state index is 10.2. The fourth-order valence-electron chi connectivity index (χ4n) is 1.63. The smallest absolute Gasteiger partial charge is 0.135 e. The maximum atomic E-state index is 10.2. The van der Waals surface area contributed by atoms with E-state index >= 15 is 0 Å². The van der Waals surface area contributed by atoms with Gasteiger partial charge in [0.15, 0.2) is 0 Å². The number of rotatable bonds is 1. The van der Waals surface area contributed by atoms with Crippen LogP contribution in [0.15, 0.2) is 12.1 Å². The average Bonchev–Trinajstić information content (AvgIpc) is 2.25. The molecule has 0 atom stereocenters. The number of phenolic OH excluding ortho intramolecular Hbond substituents is 1. The molecule has 1 aromatic rings. The minimum Gasteiger partial charge on any atom is -0.506 e. The van der Waals surface area contributed by atoms with Crippen molar-refractivity contribution in [3.05, 3.63) is 28.8 Å². The standard InChI is InChI=1S/C17H25NO/c1-16(2,3)8-7-12-9-14(17(4,5)6)10-13(11-18)15(12)19/h9-10,19H,11,18H2,1-6H3. The van der Waals surface area contributed by atoms with Gasteiger partial charge in [0.05, 0.1) is 5.56 Å². The highest BCUT2D eigenvalue weighted by Crippen LogP contribution is 2.30. The molecule has 0 heterocycles. The Kier molecular flexibility index (Phi) is 4.32. The molecule has 2 heteroatoms. The second kappa shape index (κ2) is 5.27. The molecule has 0 aromatic heterocycles. The monoisotopic (exact) mass is 259 g/mol. The lowest BCUT2D eigenvalue weighted by molar-refractivity contribution is 0.465. The molecule has 0 saturated heterocycles. The van der Waals surface area contributed by atoms with Gasteiger partial charge in [0, 0.05) is 17.5 Å². The summed E-state index contributed by atoms with van der Waals surface area (Å²) in [5.74, 6) is 6.46. The third-order valence-corrected chi connectivity index (χ3v) is 2.85. The van der Waals surface area contributed by atoms with Gasteiger partial charge in [-0.15, -0.1) is 0 Å². The van der Waals surface area contributed by atoms with Gasteiger partial charge in [-0.05, 0) is 37.8 Å². The van der Waals surface area contributed by atoms with Gasteiger partial charge in [0.1, 0.15) is 5.75 Å². The third kappa shape index (κ3) is 4.29. The Morgan fingerprint density at radius 3 is 2.11 bits per heavy atom. The molecule has 0 amide bonds. The number of hydrogen-bond acceptors (Lipinski definition) is 2. The van der Waals surface area contributed by atoms with Crippen molar-refractivity contribution in [2.45, 2.75) is 53.5 Å². The van der Waals surface area contributed by atoms with Crippen molar-refractivity contribution in [2.24, 2.45) is 11.1 Å². The predicted molar refractivity (Wildman–Crippen MR) is 81.0 cm³/mol. The molecule has 104 valence electrons. The Bertz CT molecular complexity index is 519.